The molecule has 0 spiro atoms. The number of nitrogens with one attached hydrogen (secondary N) is 1. The molecule has 2 heterocycles. The molecule has 1 atom stereocenters. The highest BCUT2D eigenvalue weighted by atomic mass is 35.5. The van der Waals surface area contributed by atoms with Crippen LogP contribution in [0.25, 0.3) is 10.9 Å². The molecular formula is C26H27Cl2N3O4. The molecule has 0 saturated carbocycles. The minimum atomic E-state index is -0.139. The van der Waals surface area contributed by atoms with Gasteiger partial charge in [-0.05, 0) is 50.5 Å². The van der Waals surface area contributed by atoms with Crippen molar-refractivity contribution in [3.63, 3.8) is 0 Å². The molecule has 2 aromatic carbocycles. The number of fused-ring (bicyclic) bond motifs is 1. The highest BCUT2D eigenvalue weighted by Crippen LogP contribution is 2.45. The summed E-state index contributed by atoms with van der Waals surface area (Å²) >= 11 is 12.3. The third-order valence-corrected chi connectivity index (χ3v) is 6.85. The Hall–Kier alpha value is -3.03. The maximum atomic E-state index is 13.4. The number of hydrogen-bond acceptors (Lipinski definition) is 5. The highest BCUT2D eigenvalue weighted by molar-refractivity contribution is 6.42. The average molecular weight is 516 g/mol. The number of pyridine rings is 1. The predicted octanol–water partition coefficient (Wildman–Crippen LogP) is 6.06. The molecule has 35 heavy (non-hydrogen) atoms. The van der Waals surface area contributed by atoms with Gasteiger partial charge in [-0.25, -0.2) is 0 Å². The number of anilines is 1. The van der Waals surface area contributed by atoms with Gasteiger partial charge >= 0.3 is 0 Å². The number of aromatic nitrogens is 1. The molecule has 1 aliphatic rings. The van der Waals surface area contributed by atoms with Crippen molar-refractivity contribution in [1.29, 1.82) is 0 Å². The maximum absolute atomic E-state index is 13.4. The molecule has 1 aliphatic heterocycles. The molecule has 1 aromatic heterocycles. The summed E-state index contributed by atoms with van der Waals surface area (Å²) in [6.45, 7) is 4.55. The van der Waals surface area contributed by atoms with E-state index in [2.05, 4.69) is 10.3 Å². The number of aryl methyl sites for hydroxylation is 1. The molecule has 1 N–H and O–H groups in total. The van der Waals surface area contributed by atoms with E-state index in [-0.39, 0.29) is 30.7 Å². The number of halogens is 2. The van der Waals surface area contributed by atoms with Crippen LogP contribution in [0.1, 0.15) is 38.2 Å². The third-order valence-electron chi connectivity index (χ3n) is 6.11. The van der Waals surface area contributed by atoms with Gasteiger partial charge in [0, 0.05) is 43.8 Å². The van der Waals surface area contributed by atoms with Crippen molar-refractivity contribution in [3.05, 3.63) is 52.1 Å². The molecule has 0 aliphatic carbocycles. The van der Waals surface area contributed by atoms with Crippen LogP contribution in [0.5, 0.6) is 17.2 Å². The lowest BCUT2D eigenvalue weighted by molar-refractivity contribution is -0.125. The van der Waals surface area contributed by atoms with E-state index in [0.717, 1.165) is 23.8 Å². The Bertz CT molecular complexity index is 1280. The fourth-order valence-electron chi connectivity index (χ4n) is 4.32. The quantitative estimate of drug-likeness (QED) is 0.456. The van der Waals surface area contributed by atoms with E-state index in [1.807, 2.05) is 19.9 Å². The van der Waals surface area contributed by atoms with E-state index in [1.165, 1.54) is 0 Å². The first-order chi connectivity index (χ1) is 16.8. The second-order valence-corrected chi connectivity index (χ2v) is 9.38. The van der Waals surface area contributed by atoms with Gasteiger partial charge in [-0.3, -0.25) is 14.6 Å². The van der Waals surface area contributed by atoms with Crippen molar-refractivity contribution in [1.82, 2.24) is 10.3 Å². The summed E-state index contributed by atoms with van der Waals surface area (Å²) in [5, 5.41) is 4.39. The number of ether oxygens (including phenoxy) is 2. The molecule has 1 unspecified atom stereocenters. The molecule has 9 heteroatoms. The van der Waals surface area contributed by atoms with Crippen LogP contribution >= 0.6 is 23.2 Å². The number of amides is 2. The minimum absolute atomic E-state index is 0.102. The van der Waals surface area contributed by atoms with Crippen molar-refractivity contribution >= 4 is 51.6 Å². The van der Waals surface area contributed by atoms with Gasteiger partial charge in [-0.15, -0.1) is 0 Å². The van der Waals surface area contributed by atoms with Crippen molar-refractivity contribution in [2.24, 2.45) is 0 Å². The third kappa shape index (κ3) is 5.31. The number of carbonyl (C=O) groups is 2. The number of rotatable bonds is 4. The van der Waals surface area contributed by atoms with Crippen LogP contribution in [-0.2, 0) is 9.59 Å². The Labute approximate surface area is 214 Å². The SMILES string of the molecule is COc1cc(N2C(=O)CCC(=O)NCCCC2C)c2nccc(C)c2c1Oc1ccc(Cl)c(Cl)c1. The first kappa shape index (κ1) is 25.1. The van der Waals surface area contributed by atoms with Crippen LogP contribution in [0.4, 0.5) is 5.69 Å². The zero-order valence-electron chi connectivity index (χ0n) is 19.9. The van der Waals surface area contributed by atoms with Crippen molar-refractivity contribution in [2.45, 2.75) is 45.6 Å². The summed E-state index contributed by atoms with van der Waals surface area (Å²) < 4.78 is 12.0. The smallest absolute Gasteiger partial charge is 0.227 e. The van der Waals surface area contributed by atoms with Crippen LogP contribution in [0.15, 0.2) is 36.5 Å². The van der Waals surface area contributed by atoms with Crippen LogP contribution in [0, 0.1) is 6.92 Å². The van der Waals surface area contributed by atoms with E-state index in [4.69, 9.17) is 32.7 Å². The summed E-state index contributed by atoms with van der Waals surface area (Å²) in [5.41, 5.74) is 2.15. The number of hydrogen-bond donors (Lipinski definition) is 1. The van der Waals surface area contributed by atoms with Gasteiger partial charge in [0.1, 0.15) is 5.75 Å². The number of benzene rings is 2. The van der Waals surface area contributed by atoms with E-state index in [0.29, 0.717) is 45.0 Å². The van der Waals surface area contributed by atoms with Gasteiger partial charge in [-0.2, -0.15) is 0 Å². The summed E-state index contributed by atoms with van der Waals surface area (Å²) in [6, 6.07) is 8.58. The van der Waals surface area contributed by atoms with Gasteiger partial charge < -0.3 is 19.7 Å². The average Bonchev–Trinajstić information content (AvgIpc) is 2.83. The molecule has 0 bridgehead atoms. The number of methoxy groups -OCH3 is 1. The zero-order chi connectivity index (χ0) is 25.1. The molecule has 1 saturated heterocycles. The lowest BCUT2D eigenvalue weighted by atomic mass is 10.0. The van der Waals surface area contributed by atoms with Gasteiger partial charge in [0.15, 0.2) is 11.5 Å². The topological polar surface area (TPSA) is 80.8 Å². The molecule has 2 amide bonds. The van der Waals surface area contributed by atoms with Crippen molar-refractivity contribution in [3.8, 4) is 17.2 Å². The summed E-state index contributed by atoms with van der Waals surface area (Å²) in [4.78, 5) is 31.8. The molecule has 7 nitrogen and oxygen atoms in total. The first-order valence-electron chi connectivity index (χ1n) is 11.5. The second kappa shape index (κ2) is 10.7. The molecule has 4 rings (SSSR count). The normalized spacial score (nSPS) is 17.3. The van der Waals surface area contributed by atoms with Crippen LogP contribution in [-0.4, -0.2) is 36.5 Å². The standard InChI is InChI=1S/C26H27Cl2N3O4/c1-15-10-12-30-25-20(31-16(2)5-4-11-29-22(32)8-9-23(31)33)14-21(34-3)26(24(15)25)35-17-6-7-18(27)19(28)13-17/h6-7,10,12-14,16H,4-5,8-9,11H2,1-3H3,(H,29,32). The lowest BCUT2D eigenvalue weighted by Gasteiger charge is -2.32. The first-order valence-corrected chi connectivity index (χ1v) is 12.2. The molecular weight excluding hydrogens is 489 g/mol. The Morgan fingerprint density at radius 2 is 1.91 bits per heavy atom. The van der Waals surface area contributed by atoms with Gasteiger partial charge in [-0.1, -0.05) is 23.2 Å². The van der Waals surface area contributed by atoms with Crippen molar-refractivity contribution in [2.75, 3.05) is 18.6 Å². The Balaban J connectivity index is 1.88. The van der Waals surface area contributed by atoms with Gasteiger partial charge in [0.05, 0.1) is 33.7 Å². The summed E-state index contributed by atoms with van der Waals surface area (Å²) in [5.74, 6) is 1.15. The summed E-state index contributed by atoms with van der Waals surface area (Å²) in [7, 11) is 1.55. The van der Waals surface area contributed by atoms with E-state index >= 15 is 0 Å². The van der Waals surface area contributed by atoms with Crippen molar-refractivity contribution < 1.29 is 19.1 Å². The Kier molecular flexibility index (Phi) is 7.67. The summed E-state index contributed by atoms with van der Waals surface area (Å²) in [6.07, 6.45) is 3.44. The maximum Gasteiger partial charge on any atom is 0.227 e. The number of carbonyl (C=O) groups excluding carboxylic acids is 2. The Morgan fingerprint density at radius 3 is 2.66 bits per heavy atom. The molecule has 184 valence electrons. The second-order valence-electron chi connectivity index (χ2n) is 8.56. The lowest BCUT2D eigenvalue weighted by Crippen LogP contribution is -2.41. The van der Waals surface area contributed by atoms with Gasteiger partial charge in [0.25, 0.3) is 0 Å². The highest BCUT2D eigenvalue weighted by Gasteiger charge is 2.28. The fraction of sp³-hybridized carbons (Fsp3) is 0.346. The Morgan fingerprint density at radius 1 is 1.11 bits per heavy atom. The predicted molar refractivity (Wildman–Crippen MR) is 138 cm³/mol. The molecule has 3 aromatic rings. The fourth-order valence-corrected chi connectivity index (χ4v) is 4.60. The number of nitrogens with zero attached hydrogens (tertiary/aromatic N) is 2. The van der Waals surface area contributed by atoms with E-state index in [9.17, 15) is 9.59 Å². The van der Waals surface area contributed by atoms with Crippen LogP contribution in [0.2, 0.25) is 10.0 Å². The largest absolute Gasteiger partial charge is 0.493 e. The molecule has 1 fully saturated rings. The van der Waals surface area contributed by atoms with E-state index in [1.54, 1.807) is 42.5 Å². The monoisotopic (exact) mass is 515 g/mol. The van der Waals surface area contributed by atoms with E-state index < -0.39 is 0 Å². The van der Waals surface area contributed by atoms with Crippen LogP contribution < -0.4 is 19.7 Å². The zero-order valence-corrected chi connectivity index (χ0v) is 21.4. The molecule has 0 radical (unpaired) electrons. The van der Waals surface area contributed by atoms with Gasteiger partial charge in [0.2, 0.25) is 11.8 Å². The van der Waals surface area contributed by atoms with Crippen LogP contribution in [0.3, 0.4) is 0 Å². The minimum Gasteiger partial charge on any atom is -0.493 e.